The Morgan fingerprint density at radius 1 is 1.13 bits per heavy atom. The van der Waals surface area contributed by atoms with Crippen LogP contribution in [0.25, 0.3) is 10.8 Å². The van der Waals surface area contributed by atoms with Crippen LogP contribution in [0.2, 0.25) is 0 Å². The number of carbonyl (C=O) groups excluding carboxylic acids is 1. The fourth-order valence-corrected chi connectivity index (χ4v) is 4.55. The predicted molar refractivity (Wildman–Crippen MR) is 115 cm³/mol. The maximum Gasteiger partial charge on any atom is 0.265 e. The molecule has 1 aliphatic heterocycles. The van der Waals surface area contributed by atoms with Crippen molar-refractivity contribution in [2.24, 2.45) is 0 Å². The molecule has 8 heteroatoms. The molecule has 7 nitrogen and oxygen atoms in total. The van der Waals surface area contributed by atoms with Crippen molar-refractivity contribution in [3.05, 3.63) is 53.3 Å². The summed E-state index contributed by atoms with van der Waals surface area (Å²) in [7, 11) is 1.64. The van der Waals surface area contributed by atoms with Crippen LogP contribution in [0.3, 0.4) is 0 Å². The van der Waals surface area contributed by atoms with E-state index in [9.17, 15) is 4.79 Å². The van der Waals surface area contributed by atoms with Crippen molar-refractivity contribution in [2.75, 3.05) is 20.2 Å². The summed E-state index contributed by atoms with van der Waals surface area (Å²) in [5.41, 5.74) is 0.805. The molecule has 0 aliphatic carbocycles. The lowest BCUT2D eigenvalue weighted by molar-refractivity contribution is 0.0594. The highest BCUT2D eigenvalue weighted by molar-refractivity contribution is 7.17. The van der Waals surface area contributed by atoms with Gasteiger partial charge in [-0.15, -0.1) is 11.3 Å². The highest BCUT2D eigenvalue weighted by atomic mass is 32.1. The molecule has 4 rings (SSSR count). The number of amides is 1. The molecule has 0 spiro atoms. The molecular weight excluding hydrogens is 400 g/mol. The summed E-state index contributed by atoms with van der Waals surface area (Å²) < 4.78 is 11.5. The first-order valence-corrected chi connectivity index (χ1v) is 10.9. The van der Waals surface area contributed by atoms with Crippen molar-refractivity contribution in [3.8, 4) is 22.3 Å². The minimum atomic E-state index is 0.0299. The lowest BCUT2D eigenvalue weighted by Crippen LogP contribution is -2.41. The Morgan fingerprint density at radius 3 is 2.50 bits per heavy atom. The Labute approximate surface area is 179 Å². The molecule has 0 unspecified atom stereocenters. The number of hydrogen-bond donors (Lipinski definition) is 0. The van der Waals surface area contributed by atoms with E-state index >= 15 is 0 Å². The van der Waals surface area contributed by atoms with Gasteiger partial charge in [0, 0.05) is 38.3 Å². The van der Waals surface area contributed by atoms with Gasteiger partial charge in [0.05, 0.1) is 12.8 Å². The molecule has 2 aromatic heterocycles. The highest BCUT2D eigenvalue weighted by Gasteiger charge is 2.28. The largest absolute Gasteiger partial charge is 0.493 e. The summed E-state index contributed by atoms with van der Waals surface area (Å²) in [6, 6.07) is 9.41. The van der Waals surface area contributed by atoms with Gasteiger partial charge in [-0.25, -0.2) is 15.0 Å². The fraction of sp³-hybridized carbons (Fsp3) is 0.364. The average Bonchev–Trinajstić information content (AvgIpc) is 3.25. The molecule has 1 amide bonds. The normalized spacial score (nSPS) is 14.5. The Kier molecular flexibility index (Phi) is 6.23. The second-order valence-electron chi connectivity index (χ2n) is 6.98. The lowest BCUT2D eigenvalue weighted by atomic mass is 10.1. The second kappa shape index (κ2) is 9.21. The van der Waals surface area contributed by atoms with E-state index in [1.165, 1.54) is 11.3 Å². The molecule has 156 valence electrons. The average molecular weight is 425 g/mol. The summed E-state index contributed by atoms with van der Waals surface area (Å²) >= 11 is 1.37. The van der Waals surface area contributed by atoms with Crippen LogP contribution < -0.4 is 9.47 Å². The molecule has 3 aromatic rings. The van der Waals surface area contributed by atoms with Crippen LogP contribution in [0.4, 0.5) is 0 Å². The van der Waals surface area contributed by atoms with Gasteiger partial charge in [-0.2, -0.15) is 0 Å². The Morgan fingerprint density at radius 2 is 1.83 bits per heavy atom. The van der Waals surface area contributed by atoms with Crippen LogP contribution in [0.5, 0.6) is 11.5 Å². The fourth-order valence-electron chi connectivity index (χ4n) is 3.48. The van der Waals surface area contributed by atoms with Crippen LogP contribution in [-0.4, -0.2) is 52.1 Å². The maximum absolute atomic E-state index is 13.2. The van der Waals surface area contributed by atoms with E-state index in [1.807, 2.05) is 36.1 Å². The van der Waals surface area contributed by atoms with Gasteiger partial charge >= 0.3 is 0 Å². The van der Waals surface area contributed by atoms with Crippen molar-refractivity contribution < 1.29 is 14.3 Å². The molecule has 1 fully saturated rings. The number of carbonyl (C=O) groups is 1. The van der Waals surface area contributed by atoms with Gasteiger partial charge < -0.3 is 14.4 Å². The summed E-state index contributed by atoms with van der Waals surface area (Å²) in [6.45, 7) is 3.31. The number of benzene rings is 1. The Balaban J connectivity index is 1.43. The zero-order chi connectivity index (χ0) is 20.9. The third-order valence-electron chi connectivity index (χ3n) is 5.08. The van der Waals surface area contributed by atoms with E-state index in [1.54, 1.807) is 25.6 Å². The molecule has 0 atom stereocenters. The first-order valence-electron chi connectivity index (χ1n) is 10.1. The van der Waals surface area contributed by atoms with E-state index in [4.69, 9.17) is 9.47 Å². The summed E-state index contributed by atoms with van der Waals surface area (Å²) in [5, 5.41) is 0.685. The summed E-state index contributed by atoms with van der Waals surface area (Å²) in [6.07, 6.45) is 5.67. The number of piperidine rings is 1. The Bertz CT molecular complexity index is 1000. The second-order valence-corrected chi connectivity index (χ2v) is 7.98. The van der Waals surface area contributed by atoms with Crippen LogP contribution in [0.15, 0.2) is 42.7 Å². The first-order chi connectivity index (χ1) is 14.7. The first kappa shape index (κ1) is 20.3. The number of ether oxygens (including phenoxy) is 2. The Hall–Kier alpha value is -3.00. The van der Waals surface area contributed by atoms with Gasteiger partial charge in [0.25, 0.3) is 5.91 Å². The SMILES string of the molecule is CCc1nc(-c2ncccn2)sc1C(=O)N1CCC(Oc2ccccc2OC)CC1. The van der Waals surface area contributed by atoms with Gasteiger partial charge in [0.1, 0.15) is 11.0 Å². The van der Waals surface area contributed by atoms with E-state index in [0.29, 0.717) is 35.2 Å². The molecule has 1 saturated heterocycles. The lowest BCUT2D eigenvalue weighted by Gasteiger charge is -2.32. The minimum Gasteiger partial charge on any atom is -0.493 e. The molecule has 0 N–H and O–H groups in total. The number of para-hydroxylation sites is 2. The molecule has 0 saturated carbocycles. The van der Waals surface area contributed by atoms with Gasteiger partial charge in [-0.05, 0) is 24.6 Å². The number of thiazole rings is 1. The summed E-state index contributed by atoms with van der Waals surface area (Å²) in [4.78, 5) is 28.9. The number of nitrogens with zero attached hydrogens (tertiary/aromatic N) is 4. The number of hydrogen-bond acceptors (Lipinski definition) is 7. The highest BCUT2D eigenvalue weighted by Crippen LogP contribution is 2.31. The van der Waals surface area contributed by atoms with Crippen LogP contribution in [-0.2, 0) is 6.42 Å². The maximum atomic E-state index is 13.2. The quantitative estimate of drug-likeness (QED) is 0.598. The van der Waals surface area contributed by atoms with Crippen LogP contribution in [0.1, 0.15) is 35.1 Å². The molecule has 0 radical (unpaired) electrons. The zero-order valence-electron chi connectivity index (χ0n) is 17.1. The van der Waals surface area contributed by atoms with Gasteiger partial charge in [0.2, 0.25) is 0 Å². The predicted octanol–water partition coefficient (Wildman–Crippen LogP) is 3.85. The number of likely N-dealkylation sites (tertiary alicyclic amines) is 1. The van der Waals surface area contributed by atoms with Gasteiger partial charge in [-0.3, -0.25) is 4.79 Å². The van der Waals surface area contributed by atoms with Gasteiger partial charge in [-0.1, -0.05) is 19.1 Å². The topological polar surface area (TPSA) is 77.4 Å². The van der Waals surface area contributed by atoms with Crippen molar-refractivity contribution in [1.29, 1.82) is 0 Å². The minimum absolute atomic E-state index is 0.0299. The standard InChI is InChI=1S/C22H24N4O3S/c1-3-16-19(30-21(25-16)20-23-11-6-12-24-20)22(27)26-13-9-15(10-14-26)29-18-8-5-4-7-17(18)28-2/h4-8,11-12,15H,3,9-10,13-14H2,1-2H3. The molecular formula is C22H24N4O3S. The van der Waals surface area contributed by atoms with E-state index in [0.717, 1.165) is 30.0 Å². The molecule has 0 bridgehead atoms. The number of rotatable bonds is 6. The van der Waals surface area contributed by atoms with E-state index < -0.39 is 0 Å². The van der Waals surface area contributed by atoms with Crippen molar-refractivity contribution in [1.82, 2.24) is 19.9 Å². The zero-order valence-corrected chi connectivity index (χ0v) is 17.9. The molecule has 3 heterocycles. The molecule has 1 aliphatic rings. The smallest absolute Gasteiger partial charge is 0.265 e. The summed E-state index contributed by atoms with van der Waals surface area (Å²) in [5.74, 6) is 2.05. The molecule has 1 aromatic carbocycles. The monoisotopic (exact) mass is 424 g/mol. The van der Waals surface area contributed by atoms with Gasteiger partial charge in [0.15, 0.2) is 22.3 Å². The number of aryl methyl sites for hydroxylation is 1. The van der Waals surface area contributed by atoms with Crippen LogP contribution >= 0.6 is 11.3 Å². The van der Waals surface area contributed by atoms with E-state index in [-0.39, 0.29) is 12.0 Å². The van der Waals surface area contributed by atoms with Crippen LogP contribution in [0, 0.1) is 0 Å². The van der Waals surface area contributed by atoms with E-state index in [2.05, 4.69) is 15.0 Å². The van der Waals surface area contributed by atoms with Crippen molar-refractivity contribution >= 4 is 17.2 Å². The third-order valence-corrected chi connectivity index (χ3v) is 6.16. The number of methoxy groups -OCH3 is 1. The van der Waals surface area contributed by atoms with Crippen molar-refractivity contribution in [3.63, 3.8) is 0 Å². The molecule has 30 heavy (non-hydrogen) atoms. The number of aromatic nitrogens is 3. The van der Waals surface area contributed by atoms with Crippen molar-refractivity contribution in [2.45, 2.75) is 32.3 Å². The third kappa shape index (κ3) is 4.28.